The Hall–Kier alpha value is -3.69. The van der Waals surface area contributed by atoms with Crippen molar-refractivity contribution < 1.29 is 61.5 Å². The molecule has 4 N–H and O–H groups in total. The standard InChI is InChI=1S/C26H27F3N2O10/c1-11(38-22(35)13(30)10-17(33)40-23(36)26(27,28)29)21(34)39-15-5-6-25(37)16-9-12-3-4-14(32)19-18(12)24(25,20(15)41-19)7-8-31(16)2/h3-5,11,13,16,20,32,37H,6-10,30H2,1-2H3/t11-,13-,16+,20-,24-,25+/m0/s1. The van der Waals surface area contributed by atoms with Crippen molar-refractivity contribution in [1.29, 1.82) is 0 Å². The minimum absolute atomic E-state index is 0.0490. The second kappa shape index (κ2) is 9.70. The number of piperidine rings is 1. The van der Waals surface area contributed by atoms with Crippen LogP contribution in [0.1, 0.15) is 37.3 Å². The lowest BCUT2D eigenvalue weighted by atomic mass is 9.50. The molecule has 1 aromatic carbocycles. The first-order chi connectivity index (χ1) is 19.1. The van der Waals surface area contributed by atoms with Crippen LogP contribution in [0.4, 0.5) is 13.2 Å². The van der Waals surface area contributed by atoms with Gasteiger partial charge in [-0.25, -0.2) is 9.59 Å². The summed E-state index contributed by atoms with van der Waals surface area (Å²) in [6, 6.07) is 1.20. The summed E-state index contributed by atoms with van der Waals surface area (Å²) >= 11 is 0. The van der Waals surface area contributed by atoms with Gasteiger partial charge in [-0.3, -0.25) is 9.59 Å². The Bertz CT molecular complexity index is 1360. The van der Waals surface area contributed by atoms with Gasteiger partial charge in [-0.15, -0.1) is 0 Å². The van der Waals surface area contributed by atoms with E-state index < -0.39 is 65.7 Å². The highest BCUT2D eigenvalue weighted by Gasteiger charge is 2.72. The number of aromatic hydroxyl groups is 1. The smallest absolute Gasteiger partial charge is 0.491 e. The summed E-state index contributed by atoms with van der Waals surface area (Å²) in [5, 5.41) is 22.7. The first-order valence-corrected chi connectivity index (χ1v) is 12.7. The minimum Gasteiger partial charge on any atom is -0.504 e. The van der Waals surface area contributed by atoms with E-state index in [1.54, 1.807) is 6.07 Å². The van der Waals surface area contributed by atoms with Gasteiger partial charge >= 0.3 is 30.1 Å². The van der Waals surface area contributed by atoms with Crippen LogP contribution in [0.2, 0.25) is 0 Å². The van der Waals surface area contributed by atoms with Crippen LogP contribution in [0.15, 0.2) is 24.0 Å². The summed E-state index contributed by atoms with van der Waals surface area (Å²) in [6.45, 7) is 1.75. The second-order valence-corrected chi connectivity index (χ2v) is 10.7. The van der Waals surface area contributed by atoms with Gasteiger partial charge in [0.15, 0.2) is 23.7 Å². The zero-order valence-electron chi connectivity index (χ0n) is 21.9. The highest BCUT2D eigenvalue weighted by atomic mass is 19.4. The number of benzene rings is 1. The van der Waals surface area contributed by atoms with Gasteiger partial charge in [-0.1, -0.05) is 6.07 Å². The van der Waals surface area contributed by atoms with Crippen molar-refractivity contribution in [2.24, 2.45) is 5.73 Å². The number of phenols is 1. The molecule has 12 nitrogen and oxygen atoms in total. The Kier molecular flexibility index (Phi) is 6.82. The number of hydrogen-bond donors (Lipinski definition) is 3. The lowest BCUT2D eigenvalue weighted by molar-refractivity contribution is -0.202. The number of carbonyl (C=O) groups is 4. The maximum absolute atomic E-state index is 12.9. The third-order valence-corrected chi connectivity index (χ3v) is 8.32. The summed E-state index contributed by atoms with van der Waals surface area (Å²) in [5.41, 5.74) is 4.75. The largest absolute Gasteiger partial charge is 0.504 e. The van der Waals surface area contributed by atoms with E-state index in [-0.39, 0.29) is 29.7 Å². The number of phenolic OH excluding ortho intramolecular Hbond substituents is 1. The zero-order valence-corrected chi connectivity index (χ0v) is 21.9. The Morgan fingerprint density at radius 3 is 2.63 bits per heavy atom. The Morgan fingerprint density at radius 2 is 1.95 bits per heavy atom. The topological polar surface area (TPSA) is 175 Å². The Balaban J connectivity index is 1.29. The van der Waals surface area contributed by atoms with Gasteiger partial charge in [0.05, 0.1) is 17.4 Å². The van der Waals surface area contributed by atoms with Crippen LogP contribution in [0, 0.1) is 0 Å². The number of halogens is 3. The SMILES string of the molecule is C[C@H](OC(=O)[C@@H](N)CC(=O)OC(=O)C(F)(F)F)C(=O)OC1=CC[C@@]2(O)[C@H]3Cc4ccc(O)c5c4[C@@]2(CCN3C)[C@H]1O5. The number of hydrogen-bond acceptors (Lipinski definition) is 12. The van der Waals surface area contributed by atoms with Gasteiger partial charge in [0.2, 0.25) is 0 Å². The number of rotatable bonds is 6. The predicted molar refractivity (Wildman–Crippen MR) is 128 cm³/mol. The molecule has 222 valence electrons. The Labute approximate surface area is 230 Å². The van der Waals surface area contributed by atoms with Crippen LogP contribution in [-0.2, 0) is 45.2 Å². The molecule has 5 rings (SSSR count). The number of likely N-dealkylation sites (tertiary alicyclic amines) is 1. The number of ether oxygens (including phenoxy) is 4. The molecule has 15 heteroatoms. The number of esters is 4. The average molecular weight is 585 g/mol. The second-order valence-electron chi connectivity index (χ2n) is 10.7. The number of nitrogens with two attached hydrogens (primary N) is 1. The molecular weight excluding hydrogens is 557 g/mol. The van der Waals surface area contributed by atoms with Crippen molar-refractivity contribution in [3.63, 3.8) is 0 Å². The molecule has 2 aliphatic carbocycles. The number of nitrogens with zero attached hydrogens (tertiary/aromatic N) is 1. The summed E-state index contributed by atoms with van der Waals surface area (Å²) in [7, 11) is 1.92. The fraction of sp³-hybridized carbons (Fsp3) is 0.538. The van der Waals surface area contributed by atoms with Crippen LogP contribution in [0.3, 0.4) is 0 Å². The molecule has 2 bridgehead atoms. The van der Waals surface area contributed by atoms with Crippen molar-refractivity contribution >= 4 is 23.9 Å². The molecule has 0 aromatic heterocycles. The van der Waals surface area contributed by atoms with Gasteiger partial charge in [-0.05, 0) is 51.1 Å². The van der Waals surface area contributed by atoms with Crippen molar-refractivity contribution in [1.82, 2.24) is 4.90 Å². The molecular formula is C26H27F3N2O10. The van der Waals surface area contributed by atoms with E-state index in [0.717, 1.165) is 12.5 Å². The molecule has 1 saturated heterocycles. The van der Waals surface area contributed by atoms with E-state index in [1.807, 2.05) is 7.05 Å². The molecule has 0 amide bonds. The van der Waals surface area contributed by atoms with Crippen molar-refractivity contribution in [2.75, 3.05) is 13.6 Å². The van der Waals surface area contributed by atoms with Crippen LogP contribution < -0.4 is 10.5 Å². The molecule has 41 heavy (non-hydrogen) atoms. The molecule has 2 heterocycles. The molecule has 1 spiro atoms. The van der Waals surface area contributed by atoms with E-state index in [9.17, 15) is 42.6 Å². The van der Waals surface area contributed by atoms with Crippen molar-refractivity contribution in [2.45, 2.75) is 74.1 Å². The van der Waals surface area contributed by atoms with Crippen molar-refractivity contribution in [3.8, 4) is 11.5 Å². The van der Waals surface area contributed by atoms with Gasteiger partial charge in [-0.2, -0.15) is 13.2 Å². The number of carbonyl (C=O) groups excluding carboxylic acids is 4. The van der Waals surface area contributed by atoms with Gasteiger partial charge in [0, 0.05) is 18.0 Å². The predicted octanol–water partition coefficient (Wildman–Crippen LogP) is 0.494. The first-order valence-electron chi connectivity index (χ1n) is 12.7. The van der Waals surface area contributed by atoms with Crippen molar-refractivity contribution in [3.05, 3.63) is 35.1 Å². The minimum atomic E-state index is -5.42. The fourth-order valence-electron chi connectivity index (χ4n) is 6.41. The van der Waals surface area contributed by atoms with Gasteiger partial charge in [0.25, 0.3) is 0 Å². The van der Waals surface area contributed by atoms with Crippen LogP contribution in [0.25, 0.3) is 0 Å². The van der Waals surface area contributed by atoms with E-state index >= 15 is 0 Å². The summed E-state index contributed by atoms with van der Waals surface area (Å²) in [5.74, 6) is -6.73. The van der Waals surface area contributed by atoms with Crippen LogP contribution >= 0.6 is 0 Å². The summed E-state index contributed by atoms with van der Waals surface area (Å²) in [6.07, 6.45) is -6.50. The quantitative estimate of drug-likeness (QED) is 0.240. The monoisotopic (exact) mass is 584 g/mol. The Morgan fingerprint density at radius 1 is 1.24 bits per heavy atom. The molecule has 4 aliphatic rings. The molecule has 2 aliphatic heterocycles. The highest BCUT2D eigenvalue weighted by molar-refractivity contribution is 5.91. The average Bonchev–Trinajstić information content (AvgIpc) is 3.24. The van der Waals surface area contributed by atoms with E-state index in [4.69, 9.17) is 19.9 Å². The molecule has 6 atom stereocenters. The fourth-order valence-corrected chi connectivity index (χ4v) is 6.41. The molecule has 0 radical (unpaired) electrons. The third-order valence-electron chi connectivity index (χ3n) is 8.32. The lowest BCUT2D eigenvalue weighted by Gasteiger charge is -2.61. The number of alkyl halides is 3. The highest BCUT2D eigenvalue weighted by Crippen LogP contribution is 2.65. The van der Waals surface area contributed by atoms with Crippen LogP contribution in [0.5, 0.6) is 11.5 Å². The zero-order chi connectivity index (χ0) is 30.1. The normalized spacial score (nSPS) is 29.3. The molecule has 0 unspecified atom stereocenters. The molecule has 1 fully saturated rings. The molecule has 0 saturated carbocycles. The van der Waals surface area contributed by atoms with Gasteiger partial charge < -0.3 is 39.8 Å². The number of aliphatic hydroxyl groups is 1. The first kappa shape index (κ1) is 28.8. The van der Waals surface area contributed by atoms with Crippen LogP contribution in [-0.4, -0.2) is 88.7 Å². The van der Waals surface area contributed by atoms with E-state index in [0.29, 0.717) is 24.9 Å². The summed E-state index contributed by atoms with van der Waals surface area (Å²) < 4.78 is 57.0. The molecule has 1 aromatic rings. The van der Waals surface area contributed by atoms with E-state index in [2.05, 4.69) is 9.64 Å². The van der Waals surface area contributed by atoms with Gasteiger partial charge in [0.1, 0.15) is 11.8 Å². The lowest BCUT2D eigenvalue weighted by Crippen LogP contribution is -2.74. The maximum atomic E-state index is 12.9. The number of likely N-dealkylation sites (N-methyl/N-ethyl adjacent to an activating group) is 1. The maximum Gasteiger partial charge on any atom is 0.491 e. The summed E-state index contributed by atoms with van der Waals surface area (Å²) in [4.78, 5) is 49.5. The van der Waals surface area contributed by atoms with E-state index in [1.165, 1.54) is 12.1 Å². The third kappa shape index (κ3) is 4.42.